The highest BCUT2D eigenvalue weighted by Crippen LogP contribution is 2.25. The fourth-order valence-corrected chi connectivity index (χ4v) is 1.89. The van der Waals surface area contributed by atoms with Crippen molar-refractivity contribution in [3.63, 3.8) is 0 Å². The van der Waals surface area contributed by atoms with Crippen LogP contribution in [0.5, 0.6) is 11.8 Å². The first-order valence-corrected chi connectivity index (χ1v) is 6.50. The Morgan fingerprint density at radius 2 is 1.67 bits per heavy atom. The maximum Gasteiger partial charge on any atom is 0.345 e. The number of aromatic nitrogens is 4. The van der Waals surface area contributed by atoms with Gasteiger partial charge < -0.3 is 4.74 Å². The van der Waals surface area contributed by atoms with Crippen molar-refractivity contribution in [2.24, 2.45) is 0 Å². The predicted molar refractivity (Wildman–Crippen MR) is 79.0 cm³/mol. The number of nitro groups is 2. The van der Waals surface area contributed by atoms with Crippen molar-refractivity contribution in [3.05, 3.63) is 68.8 Å². The lowest BCUT2D eigenvalue weighted by Gasteiger charge is -2.05. The maximum absolute atomic E-state index is 10.8. The van der Waals surface area contributed by atoms with Gasteiger partial charge in [0.05, 0.1) is 21.6 Å². The largest absolute Gasteiger partial charge is 0.423 e. The third-order valence-electron chi connectivity index (χ3n) is 2.98. The van der Waals surface area contributed by atoms with Crippen LogP contribution in [-0.4, -0.2) is 30.1 Å². The van der Waals surface area contributed by atoms with Gasteiger partial charge in [0, 0.05) is 18.2 Å². The standard InChI is InChI=1S/C13H8N6O5/c20-18(21)10-6-4-9(5-7-10)17-13(14-15-16-17)24-12-3-1-2-11(8-12)19(22)23/h1-8H. The van der Waals surface area contributed by atoms with Gasteiger partial charge in [-0.15, -0.1) is 0 Å². The molecular formula is C13H8N6O5. The van der Waals surface area contributed by atoms with Crippen LogP contribution in [0.4, 0.5) is 11.4 Å². The van der Waals surface area contributed by atoms with E-state index in [1.807, 2.05) is 0 Å². The van der Waals surface area contributed by atoms with E-state index in [2.05, 4.69) is 15.5 Å². The molecule has 0 atom stereocenters. The van der Waals surface area contributed by atoms with Crippen molar-refractivity contribution in [3.8, 4) is 17.4 Å². The summed E-state index contributed by atoms with van der Waals surface area (Å²) in [6, 6.07) is 11.0. The Morgan fingerprint density at radius 1 is 0.958 bits per heavy atom. The van der Waals surface area contributed by atoms with E-state index in [4.69, 9.17) is 4.74 Å². The van der Waals surface area contributed by atoms with Gasteiger partial charge in [-0.2, -0.15) is 4.68 Å². The molecule has 0 amide bonds. The lowest BCUT2D eigenvalue weighted by Crippen LogP contribution is -2.01. The van der Waals surface area contributed by atoms with E-state index in [9.17, 15) is 20.2 Å². The topological polar surface area (TPSA) is 139 Å². The molecule has 0 saturated heterocycles. The van der Waals surface area contributed by atoms with Gasteiger partial charge in [0.25, 0.3) is 11.4 Å². The minimum absolute atomic E-state index is 0.0376. The average Bonchev–Trinajstić information content (AvgIpc) is 3.03. The normalized spacial score (nSPS) is 10.3. The molecule has 2 aromatic carbocycles. The Morgan fingerprint density at radius 3 is 2.33 bits per heavy atom. The number of rotatable bonds is 5. The quantitative estimate of drug-likeness (QED) is 0.513. The third kappa shape index (κ3) is 2.99. The van der Waals surface area contributed by atoms with Crippen LogP contribution in [-0.2, 0) is 0 Å². The molecule has 24 heavy (non-hydrogen) atoms. The zero-order valence-electron chi connectivity index (χ0n) is 11.8. The molecule has 0 aliphatic heterocycles. The highest BCUT2D eigenvalue weighted by atomic mass is 16.6. The Kier molecular flexibility index (Phi) is 3.81. The summed E-state index contributed by atoms with van der Waals surface area (Å²) in [5.41, 5.74) is 0.223. The Labute approximate surface area is 133 Å². The molecule has 0 saturated carbocycles. The summed E-state index contributed by atoms with van der Waals surface area (Å²) >= 11 is 0. The molecule has 0 unspecified atom stereocenters. The second kappa shape index (κ2) is 6.08. The summed E-state index contributed by atoms with van der Waals surface area (Å²) in [6.07, 6.45) is 0. The first-order valence-electron chi connectivity index (χ1n) is 6.50. The van der Waals surface area contributed by atoms with E-state index < -0.39 is 9.85 Å². The second-order valence-corrected chi connectivity index (χ2v) is 4.50. The molecule has 0 radical (unpaired) electrons. The van der Waals surface area contributed by atoms with Crippen molar-refractivity contribution in [2.75, 3.05) is 0 Å². The van der Waals surface area contributed by atoms with Crippen molar-refractivity contribution in [1.82, 2.24) is 20.2 Å². The van der Waals surface area contributed by atoms with Crippen LogP contribution in [0.25, 0.3) is 5.69 Å². The van der Waals surface area contributed by atoms with Gasteiger partial charge in [0.2, 0.25) is 0 Å². The molecule has 3 rings (SSSR count). The van der Waals surface area contributed by atoms with Gasteiger partial charge in [-0.05, 0) is 28.6 Å². The fraction of sp³-hybridized carbons (Fsp3) is 0. The first kappa shape index (κ1) is 15.0. The number of nitrogens with zero attached hydrogens (tertiary/aromatic N) is 6. The predicted octanol–water partition coefficient (Wildman–Crippen LogP) is 2.27. The molecular weight excluding hydrogens is 320 g/mol. The Balaban J connectivity index is 1.89. The molecule has 0 aliphatic rings. The van der Waals surface area contributed by atoms with E-state index in [-0.39, 0.29) is 23.1 Å². The molecule has 1 heterocycles. The molecule has 0 fully saturated rings. The summed E-state index contributed by atoms with van der Waals surface area (Å²) in [5.74, 6) is 0.183. The van der Waals surface area contributed by atoms with E-state index in [1.165, 1.54) is 53.2 Å². The number of non-ortho nitro benzene ring substituents is 2. The van der Waals surface area contributed by atoms with Crippen LogP contribution in [0.1, 0.15) is 0 Å². The van der Waals surface area contributed by atoms with Gasteiger partial charge >= 0.3 is 6.01 Å². The van der Waals surface area contributed by atoms with Gasteiger partial charge in [-0.25, -0.2) is 0 Å². The van der Waals surface area contributed by atoms with E-state index in [1.54, 1.807) is 0 Å². The van der Waals surface area contributed by atoms with Gasteiger partial charge in [0.1, 0.15) is 5.75 Å². The van der Waals surface area contributed by atoms with Crippen LogP contribution >= 0.6 is 0 Å². The summed E-state index contributed by atoms with van der Waals surface area (Å²) in [6.45, 7) is 0. The van der Waals surface area contributed by atoms with Crippen molar-refractivity contribution >= 4 is 11.4 Å². The fourth-order valence-electron chi connectivity index (χ4n) is 1.89. The number of hydrogen-bond donors (Lipinski definition) is 0. The van der Waals surface area contributed by atoms with E-state index >= 15 is 0 Å². The molecule has 120 valence electrons. The smallest absolute Gasteiger partial charge is 0.345 e. The number of ether oxygens (including phenoxy) is 1. The van der Waals surface area contributed by atoms with E-state index in [0.29, 0.717) is 5.69 Å². The van der Waals surface area contributed by atoms with Crippen molar-refractivity contribution < 1.29 is 14.6 Å². The van der Waals surface area contributed by atoms with Crippen LogP contribution in [0.2, 0.25) is 0 Å². The Bertz CT molecular complexity index is 907. The lowest BCUT2D eigenvalue weighted by atomic mass is 10.3. The molecule has 11 heteroatoms. The first-order chi connectivity index (χ1) is 11.5. The average molecular weight is 328 g/mol. The third-order valence-corrected chi connectivity index (χ3v) is 2.98. The molecule has 0 spiro atoms. The summed E-state index contributed by atoms with van der Waals surface area (Å²) in [7, 11) is 0. The summed E-state index contributed by atoms with van der Waals surface area (Å²) < 4.78 is 6.67. The maximum atomic E-state index is 10.8. The zero-order chi connectivity index (χ0) is 17.1. The second-order valence-electron chi connectivity index (χ2n) is 4.50. The molecule has 1 aromatic heterocycles. The van der Waals surface area contributed by atoms with Crippen LogP contribution in [0.15, 0.2) is 48.5 Å². The zero-order valence-corrected chi connectivity index (χ0v) is 11.8. The minimum Gasteiger partial charge on any atom is -0.423 e. The molecule has 3 aromatic rings. The molecule has 0 bridgehead atoms. The highest BCUT2D eigenvalue weighted by molar-refractivity contribution is 5.42. The number of tetrazole rings is 1. The molecule has 11 nitrogen and oxygen atoms in total. The van der Waals surface area contributed by atoms with Crippen LogP contribution in [0.3, 0.4) is 0 Å². The molecule has 0 aliphatic carbocycles. The summed E-state index contributed by atoms with van der Waals surface area (Å²) in [5, 5.41) is 32.4. The number of benzene rings is 2. The summed E-state index contributed by atoms with van der Waals surface area (Å²) in [4.78, 5) is 20.4. The minimum atomic E-state index is -0.549. The highest BCUT2D eigenvalue weighted by Gasteiger charge is 2.14. The lowest BCUT2D eigenvalue weighted by molar-refractivity contribution is -0.385. The van der Waals surface area contributed by atoms with E-state index in [0.717, 1.165) is 0 Å². The van der Waals surface area contributed by atoms with Gasteiger partial charge in [-0.1, -0.05) is 11.2 Å². The van der Waals surface area contributed by atoms with Crippen LogP contribution < -0.4 is 4.74 Å². The SMILES string of the molecule is O=[N+]([O-])c1ccc(-n2nnnc2Oc2cccc([N+](=O)[O-])c2)cc1. The van der Waals surface area contributed by atoms with Crippen LogP contribution in [0, 0.1) is 20.2 Å². The van der Waals surface area contributed by atoms with Crippen molar-refractivity contribution in [1.29, 1.82) is 0 Å². The van der Waals surface area contributed by atoms with Gasteiger partial charge in [0.15, 0.2) is 0 Å². The monoisotopic (exact) mass is 328 g/mol. The van der Waals surface area contributed by atoms with Gasteiger partial charge in [-0.3, -0.25) is 20.2 Å². The Hall–Kier alpha value is -3.89. The molecule has 0 N–H and O–H groups in total. The number of nitro benzene ring substituents is 2. The van der Waals surface area contributed by atoms with Crippen molar-refractivity contribution in [2.45, 2.75) is 0 Å². The number of hydrogen-bond acceptors (Lipinski definition) is 8.